The molecular formula is C19H22ClN3O3S. The topological polar surface area (TPSA) is 79.4 Å². The summed E-state index contributed by atoms with van der Waals surface area (Å²) < 4.78 is 26.9. The Labute approximate surface area is 164 Å². The lowest BCUT2D eigenvalue weighted by Gasteiger charge is -2.31. The van der Waals surface area contributed by atoms with Crippen LogP contribution < -0.4 is 5.32 Å². The van der Waals surface area contributed by atoms with E-state index in [2.05, 4.69) is 10.3 Å². The summed E-state index contributed by atoms with van der Waals surface area (Å²) in [6.45, 7) is 0.998. The number of rotatable bonds is 6. The number of nitrogens with zero attached hydrogens (tertiary/aromatic N) is 2. The second-order valence-corrected chi connectivity index (χ2v) is 9.02. The van der Waals surface area contributed by atoms with Gasteiger partial charge in [-0.3, -0.25) is 9.78 Å². The fourth-order valence-electron chi connectivity index (χ4n) is 3.12. The number of sulfonamides is 1. The van der Waals surface area contributed by atoms with Crippen molar-refractivity contribution in [2.75, 3.05) is 13.1 Å². The van der Waals surface area contributed by atoms with Crippen LogP contribution in [0.15, 0.2) is 48.7 Å². The smallest absolute Gasteiger partial charge is 0.224 e. The van der Waals surface area contributed by atoms with Crippen LogP contribution in [0.3, 0.4) is 0 Å². The number of pyridine rings is 1. The highest BCUT2D eigenvalue weighted by Gasteiger charge is 2.32. The normalized spacial score (nSPS) is 18.2. The van der Waals surface area contributed by atoms with Gasteiger partial charge >= 0.3 is 0 Å². The summed E-state index contributed by atoms with van der Waals surface area (Å²) in [7, 11) is -3.48. The highest BCUT2D eigenvalue weighted by Crippen LogP contribution is 2.22. The first-order valence-corrected chi connectivity index (χ1v) is 10.8. The van der Waals surface area contributed by atoms with Crippen LogP contribution in [0.1, 0.15) is 24.1 Å². The van der Waals surface area contributed by atoms with Crippen LogP contribution in [0, 0.1) is 5.92 Å². The molecule has 1 fully saturated rings. The lowest BCUT2D eigenvalue weighted by Crippen LogP contribution is -2.45. The molecule has 1 N–H and O–H groups in total. The van der Waals surface area contributed by atoms with E-state index in [4.69, 9.17) is 11.6 Å². The molecule has 0 saturated carbocycles. The third kappa shape index (κ3) is 5.51. The van der Waals surface area contributed by atoms with Gasteiger partial charge in [-0.05, 0) is 42.7 Å². The molecule has 1 aromatic heterocycles. The van der Waals surface area contributed by atoms with Gasteiger partial charge in [-0.1, -0.05) is 29.8 Å². The van der Waals surface area contributed by atoms with E-state index in [9.17, 15) is 13.2 Å². The number of piperidine rings is 1. The molecule has 27 heavy (non-hydrogen) atoms. The summed E-state index contributed by atoms with van der Waals surface area (Å²) >= 11 is 5.85. The van der Waals surface area contributed by atoms with Gasteiger partial charge in [0.25, 0.3) is 0 Å². The van der Waals surface area contributed by atoms with Crippen molar-refractivity contribution in [2.45, 2.75) is 25.1 Å². The van der Waals surface area contributed by atoms with Gasteiger partial charge in [-0.15, -0.1) is 0 Å². The monoisotopic (exact) mass is 407 g/mol. The van der Waals surface area contributed by atoms with Gasteiger partial charge in [0.05, 0.1) is 23.9 Å². The minimum absolute atomic E-state index is 0.0908. The molecule has 0 radical (unpaired) electrons. The van der Waals surface area contributed by atoms with Crippen LogP contribution in [-0.2, 0) is 27.1 Å². The predicted octanol–water partition coefficient (Wildman–Crippen LogP) is 2.59. The molecule has 1 amide bonds. The molecule has 0 spiro atoms. The standard InChI is InChI=1S/C19H22ClN3O3S/c20-17-8-6-15(7-9-17)14-27(25,26)23-11-3-4-16(13-23)19(24)22-12-18-5-1-2-10-21-18/h1-2,5-10,16H,3-4,11-14H2,(H,22,24)/t16-/m0/s1. The average molecular weight is 408 g/mol. The van der Waals surface area contributed by atoms with Crippen molar-refractivity contribution >= 4 is 27.5 Å². The van der Waals surface area contributed by atoms with Crippen LogP contribution in [0.5, 0.6) is 0 Å². The van der Waals surface area contributed by atoms with Crippen molar-refractivity contribution in [3.63, 3.8) is 0 Å². The van der Waals surface area contributed by atoms with Crippen molar-refractivity contribution in [1.29, 1.82) is 0 Å². The number of halogens is 1. The third-order valence-electron chi connectivity index (χ3n) is 4.58. The zero-order valence-electron chi connectivity index (χ0n) is 14.8. The van der Waals surface area contributed by atoms with Gasteiger partial charge in [0.15, 0.2) is 0 Å². The third-order valence-corrected chi connectivity index (χ3v) is 6.65. The Morgan fingerprint density at radius 3 is 2.70 bits per heavy atom. The molecule has 1 aliphatic heterocycles. The van der Waals surface area contributed by atoms with Crippen molar-refractivity contribution in [2.24, 2.45) is 5.92 Å². The zero-order chi connectivity index (χ0) is 19.3. The van der Waals surface area contributed by atoms with Gasteiger partial charge in [0.2, 0.25) is 15.9 Å². The van der Waals surface area contributed by atoms with E-state index in [1.54, 1.807) is 30.5 Å². The molecule has 2 aromatic rings. The molecule has 2 heterocycles. The van der Waals surface area contributed by atoms with E-state index in [-0.39, 0.29) is 24.1 Å². The molecule has 6 nitrogen and oxygen atoms in total. The van der Waals surface area contributed by atoms with Crippen molar-refractivity contribution in [3.8, 4) is 0 Å². The minimum atomic E-state index is -3.48. The van der Waals surface area contributed by atoms with Gasteiger partial charge in [0.1, 0.15) is 0 Å². The summed E-state index contributed by atoms with van der Waals surface area (Å²) in [4.78, 5) is 16.6. The number of carbonyl (C=O) groups is 1. The SMILES string of the molecule is O=C(NCc1ccccn1)[C@H]1CCCN(S(=O)(=O)Cc2ccc(Cl)cc2)C1. The van der Waals surface area contributed by atoms with Crippen molar-refractivity contribution < 1.29 is 13.2 Å². The fraction of sp³-hybridized carbons (Fsp3) is 0.368. The second kappa shape index (κ2) is 8.82. The van der Waals surface area contributed by atoms with Gasteiger partial charge < -0.3 is 5.32 Å². The van der Waals surface area contributed by atoms with E-state index in [1.165, 1.54) is 4.31 Å². The quantitative estimate of drug-likeness (QED) is 0.798. The van der Waals surface area contributed by atoms with E-state index in [0.29, 0.717) is 36.5 Å². The average Bonchev–Trinajstić information content (AvgIpc) is 2.68. The Morgan fingerprint density at radius 1 is 1.22 bits per heavy atom. The summed E-state index contributed by atoms with van der Waals surface area (Å²) in [5.74, 6) is -0.568. The molecule has 0 aliphatic carbocycles. The first kappa shape index (κ1) is 19.8. The lowest BCUT2D eigenvalue weighted by atomic mass is 9.99. The highest BCUT2D eigenvalue weighted by molar-refractivity contribution is 7.88. The molecular weight excluding hydrogens is 386 g/mol. The fourth-order valence-corrected chi connectivity index (χ4v) is 4.85. The molecule has 0 bridgehead atoms. The van der Waals surface area contributed by atoms with E-state index in [1.807, 2.05) is 18.2 Å². The van der Waals surface area contributed by atoms with Gasteiger partial charge in [-0.25, -0.2) is 12.7 Å². The first-order chi connectivity index (χ1) is 12.9. The first-order valence-electron chi connectivity index (χ1n) is 8.84. The number of aromatic nitrogens is 1. The molecule has 3 rings (SSSR count). The molecule has 1 aromatic carbocycles. The maximum Gasteiger partial charge on any atom is 0.224 e. The maximum atomic E-state index is 12.7. The maximum absolute atomic E-state index is 12.7. The Kier molecular flexibility index (Phi) is 6.46. The van der Waals surface area contributed by atoms with Crippen LogP contribution in [0.25, 0.3) is 0 Å². The number of hydrogen-bond donors (Lipinski definition) is 1. The van der Waals surface area contributed by atoms with E-state index >= 15 is 0 Å². The number of benzene rings is 1. The number of nitrogens with one attached hydrogen (secondary N) is 1. The predicted molar refractivity (Wildman–Crippen MR) is 104 cm³/mol. The van der Waals surface area contributed by atoms with Crippen LogP contribution in [0.2, 0.25) is 5.02 Å². The zero-order valence-corrected chi connectivity index (χ0v) is 16.4. The summed E-state index contributed by atoms with van der Waals surface area (Å²) in [6.07, 6.45) is 3.02. The van der Waals surface area contributed by atoms with Crippen LogP contribution >= 0.6 is 11.6 Å². The molecule has 1 saturated heterocycles. The van der Waals surface area contributed by atoms with E-state index in [0.717, 1.165) is 5.69 Å². The number of hydrogen-bond acceptors (Lipinski definition) is 4. The van der Waals surface area contributed by atoms with Crippen molar-refractivity contribution in [3.05, 3.63) is 64.9 Å². The molecule has 0 unspecified atom stereocenters. The minimum Gasteiger partial charge on any atom is -0.350 e. The second-order valence-electron chi connectivity index (χ2n) is 6.62. The lowest BCUT2D eigenvalue weighted by molar-refractivity contribution is -0.126. The molecule has 1 aliphatic rings. The number of carbonyl (C=O) groups excluding carboxylic acids is 1. The van der Waals surface area contributed by atoms with E-state index < -0.39 is 10.0 Å². The largest absolute Gasteiger partial charge is 0.350 e. The Bertz CT molecular complexity index is 873. The summed E-state index contributed by atoms with van der Waals surface area (Å²) in [5.41, 5.74) is 1.45. The van der Waals surface area contributed by atoms with Crippen LogP contribution in [-0.4, -0.2) is 36.7 Å². The highest BCUT2D eigenvalue weighted by atomic mass is 35.5. The molecule has 144 valence electrons. The van der Waals surface area contributed by atoms with Gasteiger partial charge in [0, 0.05) is 24.3 Å². The van der Waals surface area contributed by atoms with Crippen molar-refractivity contribution in [1.82, 2.24) is 14.6 Å². The number of amides is 1. The Balaban J connectivity index is 1.59. The summed E-state index contributed by atoms with van der Waals surface area (Å²) in [5, 5.41) is 3.43. The van der Waals surface area contributed by atoms with Gasteiger partial charge in [-0.2, -0.15) is 0 Å². The Hall–Kier alpha value is -1.96. The summed E-state index contributed by atoms with van der Waals surface area (Å²) in [6, 6.07) is 12.3. The molecule has 1 atom stereocenters. The Morgan fingerprint density at radius 2 is 2.00 bits per heavy atom. The molecule has 8 heteroatoms. The van der Waals surface area contributed by atoms with Crippen LogP contribution in [0.4, 0.5) is 0 Å².